The number of hydrogen-bond acceptors (Lipinski definition) is 5. The molecule has 8 heteroatoms. The van der Waals surface area contributed by atoms with Crippen LogP contribution in [0.5, 0.6) is 0 Å². The summed E-state index contributed by atoms with van der Waals surface area (Å²) in [4.78, 5) is 0. The number of hydrogen-bond donors (Lipinski definition) is 0. The van der Waals surface area contributed by atoms with Crippen molar-refractivity contribution in [2.24, 2.45) is 14.1 Å². The summed E-state index contributed by atoms with van der Waals surface area (Å²) in [6.45, 7) is 0. The maximum atomic E-state index is 9.22. The molecular weight excluding hydrogens is 342 g/mol. The van der Waals surface area contributed by atoms with Crippen molar-refractivity contribution in [3.63, 3.8) is 0 Å². The van der Waals surface area contributed by atoms with Gasteiger partial charge in [0.1, 0.15) is 0 Å². The summed E-state index contributed by atoms with van der Waals surface area (Å²) in [5.74, 6) is 2.07. The fourth-order valence-electron chi connectivity index (χ4n) is 2.38. The van der Waals surface area contributed by atoms with Crippen LogP contribution in [0, 0.1) is 0 Å². The van der Waals surface area contributed by atoms with Gasteiger partial charge < -0.3 is 4.55 Å². The Morgan fingerprint density at radius 1 is 1.00 bits per heavy atom. The molecule has 0 aliphatic carbocycles. The average Bonchev–Trinajstić information content (AvgIpc) is 2.91. The third-order valence-corrected chi connectivity index (χ3v) is 3.86. The van der Waals surface area contributed by atoms with Crippen LogP contribution in [0.4, 0.5) is 0 Å². The lowest BCUT2D eigenvalue weighted by Crippen LogP contribution is -2.32. The van der Waals surface area contributed by atoms with Crippen LogP contribution in [0.2, 0.25) is 0 Å². The van der Waals surface area contributed by atoms with Gasteiger partial charge in [0.15, 0.2) is 0 Å². The van der Waals surface area contributed by atoms with E-state index in [0.717, 1.165) is 24.3 Å². The second kappa shape index (κ2) is 8.02. The van der Waals surface area contributed by atoms with E-state index in [0.29, 0.717) is 0 Å². The minimum absolute atomic E-state index is 0.808. The van der Waals surface area contributed by atoms with Crippen LogP contribution < -0.4 is 4.57 Å². The van der Waals surface area contributed by atoms with Gasteiger partial charge in [0.2, 0.25) is 10.4 Å². The Balaban J connectivity index is 0.000000326. The molecule has 1 aromatic heterocycles. The first-order valence-electron chi connectivity index (χ1n) is 7.39. The van der Waals surface area contributed by atoms with E-state index in [1.807, 2.05) is 48.1 Å². The van der Waals surface area contributed by atoms with E-state index in [1.165, 1.54) is 5.56 Å². The van der Waals surface area contributed by atoms with E-state index in [-0.39, 0.29) is 0 Å². The molecule has 3 aromatic rings. The molecule has 1 heterocycles. The minimum atomic E-state index is -4.41. The summed E-state index contributed by atoms with van der Waals surface area (Å²) in [5, 5.41) is 4.64. The van der Waals surface area contributed by atoms with Gasteiger partial charge in [-0.3, -0.25) is 4.18 Å². The number of benzene rings is 2. The Labute approximate surface area is 147 Å². The summed E-state index contributed by atoms with van der Waals surface area (Å²) in [6, 6.07) is 20.6. The van der Waals surface area contributed by atoms with Gasteiger partial charge in [0, 0.05) is 5.10 Å². The van der Waals surface area contributed by atoms with Gasteiger partial charge in [0.05, 0.1) is 32.3 Å². The lowest BCUT2D eigenvalue weighted by Gasteiger charge is -1.98. The summed E-state index contributed by atoms with van der Waals surface area (Å²) >= 11 is 0. The van der Waals surface area contributed by atoms with Crippen molar-refractivity contribution < 1.29 is 21.7 Å². The van der Waals surface area contributed by atoms with Crippen molar-refractivity contribution in [1.29, 1.82) is 0 Å². The van der Waals surface area contributed by atoms with E-state index >= 15 is 0 Å². The normalized spacial score (nSPS) is 10.9. The lowest BCUT2D eigenvalue weighted by atomic mass is 10.2. The van der Waals surface area contributed by atoms with Gasteiger partial charge in [-0.05, 0) is 24.3 Å². The topological polar surface area (TPSA) is 88.1 Å². The molecule has 25 heavy (non-hydrogen) atoms. The maximum Gasteiger partial charge on any atom is 0.309 e. The molecule has 3 rings (SSSR count). The molecule has 0 amide bonds. The summed E-state index contributed by atoms with van der Waals surface area (Å²) < 4.78 is 35.1. The highest BCUT2D eigenvalue weighted by Crippen LogP contribution is 2.19. The second-order valence-electron chi connectivity index (χ2n) is 5.14. The van der Waals surface area contributed by atoms with Crippen LogP contribution in [0.15, 0.2) is 60.7 Å². The van der Waals surface area contributed by atoms with Crippen molar-refractivity contribution in [3.8, 4) is 22.8 Å². The highest BCUT2D eigenvalue weighted by Gasteiger charge is 2.22. The molecule has 7 nitrogen and oxygen atoms in total. The maximum absolute atomic E-state index is 9.22. The first kappa shape index (κ1) is 18.8. The third-order valence-electron chi connectivity index (χ3n) is 3.45. The van der Waals surface area contributed by atoms with E-state index in [4.69, 9.17) is 0 Å². The van der Waals surface area contributed by atoms with E-state index in [1.54, 1.807) is 0 Å². The van der Waals surface area contributed by atoms with E-state index < -0.39 is 10.4 Å². The Bertz CT molecular complexity index is 923. The number of aryl methyl sites for hydroxylation is 1. The Hall–Kier alpha value is -2.55. The van der Waals surface area contributed by atoms with Crippen LogP contribution in [0.1, 0.15) is 0 Å². The van der Waals surface area contributed by atoms with Gasteiger partial charge in [-0.25, -0.2) is 13.0 Å². The number of aromatic nitrogens is 3. The standard InChI is InChI=1S/C16H16N3.CH4O4S/c1-18-15(13-9-5-3-6-10-13)17-19(2)16(18)14-11-7-4-8-12-14;1-5-6(2,3)4/h3-12H,1-2H3;1H3,(H,2,3,4)/q+1;/p-1. The molecule has 0 radical (unpaired) electrons. The summed E-state index contributed by atoms with van der Waals surface area (Å²) in [7, 11) is 0.430. The number of rotatable bonds is 3. The zero-order valence-electron chi connectivity index (χ0n) is 14.2. The molecule has 0 aliphatic heterocycles. The molecule has 0 bridgehead atoms. The fraction of sp³-hybridized carbons (Fsp3) is 0.176. The number of nitrogens with zero attached hydrogens (tertiary/aromatic N) is 3. The van der Waals surface area contributed by atoms with Crippen molar-refractivity contribution in [3.05, 3.63) is 60.7 Å². The lowest BCUT2D eigenvalue weighted by molar-refractivity contribution is -0.649. The zero-order valence-corrected chi connectivity index (χ0v) is 15.0. The first-order valence-corrected chi connectivity index (χ1v) is 8.72. The molecule has 132 valence electrons. The molecule has 0 saturated heterocycles. The Kier molecular flexibility index (Phi) is 6.02. The summed E-state index contributed by atoms with van der Waals surface area (Å²) in [6.07, 6.45) is 0. The molecule has 0 saturated carbocycles. The molecule has 0 atom stereocenters. The molecule has 0 N–H and O–H groups in total. The highest BCUT2D eigenvalue weighted by atomic mass is 32.3. The predicted octanol–water partition coefficient (Wildman–Crippen LogP) is 1.67. The smallest absolute Gasteiger partial charge is 0.309 e. The van der Waals surface area contributed by atoms with Gasteiger partial charge in [-0.15, -0.1) is 4.68 Å². The molecule has 0 unspecified atom stereocenters. The molecule has 2 aromatic carbocycles. The zero-order chi connectivity index (χ0) is 18.4. The molecule has 0 fully saturated rings. The van der Waals surface area contributed by atoms with Crippen LogP contribution in [-0.2, 0) is 28.7 Å². The van der Waals surface area contributed by atoms with E-state index in [9.17, 15) is 13.0 Å². The van der Waals surface area contributed by atoms with Crippen molar-refractivity contribution in [2.45, 2.75) is 0 Å². The summed E-state index contributed by atoms with van der Waals surface area (Å²) in [5.41, 5.74) is 2.30. The monoisotopic (exact) mass is 361 g/mol. The van der Waals surface area contributed by atoms with Crippen molar-refractivity contribution in [2.75, 3.05) is 7.11 Å². The largest absolute Gasteiger partial charge is 0.726 e. The third kappa shape index (κ3) is 4.96. The highest BCUT2D eigenvalue weighted by molar-refractivity contribution is 7.80. The van der Waals surface area contributed by atoms with Crippen LogP contribution >= 0.6 is 0 Å². The van der Waals surface area contributed by atoms with Crippen molar-refractivity contribution in [1.82, 2.24) is 9.78 Å². The first-order chi connectivity index (χ1) is 11.8. The molecular formula is C17H19N3O4S. The SMILES string of the molecule is COS(=O)(=O)[O-].Cn1nc(-c2ccccc2)[n+](C)c1-c1ccccc1. The second-order valence-corrected chi connectivity index (χ2v) is 6.29. The van der Waals surface area contributed by atoms with Crippen LogP contribution in [0.25, 0.3) is 22.8 Å². The van der Waals surface area contributed by atoms with E-state index in [2.05, 4.69) is 45.2 Å². The van der Waals surface area contributed by atoms with Crippen LogP contribution in [-0.4, -0.2) is 29.9 Å². The van der Waals surface area contributed by atoms with Gasteiger partial charge in [-0.2, -0.15) is 0 Å². The molecule has 0 spiro atoms. The van der Waals surface area contributed by atoms with Gasteiger partial charge in [-0.1, -0.05) is 36.4 Å². The molecule has 0 aliphatic rings. The Morgan fingerprint density at radius 3 is 1.88 bits per heavy atom. The Morgan fingerprint density at radius 2 is 1.44 bits per heavy atom. The minimum Gasteiger partial charge on any atom is -0.726 e. The quantitative estimate of drug-likeness (QED) is 0.402. The van der Waals surface area contributed by atoms with Crippen LogP contribution in [0.3, 0.4) is 0 Å². The van der Waals surface area contributed by atoms with Crippen molar-refractivity contribution >= 4 is 10.4 Å². The van der Waals surface area contributed by atoms with Gasteiger partial charge >= 0.3 is 5.82 Å². The van der Waals surface area contributed by atoms with Gasteiger partial charge in [0.25, 0.3) is 5.82 Å². The average molecular weight is 361 g/mol. The fourth-order valence-corrected chi connectivity index (χ4v) is 2.38. The predicted molar refractivity (Wildman–Crippen MR) is 92.0 cm³/mol.